The van der Waals surface area contributed by atoms with Gasteiger partial charge in [0.15, 0.2) is 22.6 Å². The van der Waals surface area contributed by atoms with Crippen molar-refractivity contribution in [3.05, 3.63) is 66.2 Å². The van der Waals surface area contributed by atoms with E-state index in [0.717, 1.165) is 16.8 Å². The Balaban J connectivity index is 1.70. The summed E-state index contributed by atoms with van der Waals surface area (Å²) in [5.41, 5.74) is 4.47. The van der Waals surface area contributed by atoms with Gasteiger partial charge in [0, 0.05) is 5.56 Å². The molecule has 0 saturated heterocycles. The van der Waals surface area contributed by atoms with Crippen LogP contribution in [0.2, 0.25) is 0 Å². The SMILES string of the molecule is Cc1ccc(-n2nnc3c2ncn2c(-c4ccc(F)cc4)nnc32)cc1. The van der Waals surface area contributed by atoms with Gasteiger partial charge in [0.2, 0.25) is 0 Å². The molecule has 5 rings (SSSR count). The normalized spacial score (nSPS) is 11.5. The van der Waals surface area contributed by atoms with Crippen LogP contribution in [0.15, 0.2) is 54.9 Å². The summed E-state index contributed by atoms with van der Waals surface area (Å²) in [4.78, 5) is 4.49. The van der Waals surface area contributed by atoms with Gasteiger partial charge in [-0.15, -0.1) is 15.3 Å². The van der Waals surface area contributed by atoms with Crippen molar-refractivity contribution in [2.24, 2.45) is 0 Å². The summed E-state index contributed by atoms with van der Waals surface area (Å²) in [5.74, 6) is 0.267. The van der Waals surface area contributed by atoms with E-state index in [2.05, 4.69) is 25.5 Å². The Morgan fingerprint density at radius 2 is 1.62 bits per heavy atom. The maximum absolute atomic E-state index is 13.2. The molecule has 0 bridgehead atoms. The van der Waals surface area contributed by atoms with Gasteiger partial charge in [-0.1, -0.05) is 22.9 Å². The van der Waals surface area contributed by atoms with Crippen LogP contribution in [0.3, 0.4) is 0 Å². The predicted octanol–water partition coefficient (Wildman–Crippen LogP) is 2.97. The van der Waals surface area contributed by atoms with Crippen molar-refractivity contribution in [3.8, 4) is 17.1 Å². The van der Waals surface area contributed by atoms with Gasteiger partial charge >= 0.3 is 0 Å². The highest BCUT2D eigenvalue weighted by molar-refractivity contribution is 5.86. The minimum absolute atomic E-state index is 0.302. The van der Waals surface area contributed by atoms with Crippen molar-refractivity contribution in [3.63, 3.8) is 0 Å². The average Bonchev–Trinajstić information content (AvgIpc) is 3.27. The third kappa shape index (κ3) is 2.16. The Hall–Kier alpha value is -3.68. The van der Waals surface area contributed by atoms with E-state index in [-0.39, 0.29) is 5.82 Å². The fraction of sp³-hybridized carbons (Fsp3) is 0.0556. The van der Waals surface area contributed by atoms with Crippen LogP contribution in [0.25, 0.3) is 33.9 Å². The van der Waals surface area contributed by atoms with E-state index in [9.17, 15) is 4.39 Å². The van der Waals surface area contributed by atoms with Gasteiger partial charge in [-0.2, -0.15) is 4.68 Å². The lowest BCUT2D eigenvalue weighted by atomic mass is 10.2. The highest BCUT2D eigenvalue weighted by atomic mass is 19.1. The highest BCUT2D eigenvalue weighted by Gasteiger charge is 2.16. The number of rotatable bonds is 2. The van der Waals surface area contributed by atoms with Crippen molar-refractivity contribution in [1.29, 1.82) is 0 Å². The van der Waals surface area contributed by atoms with Gasteiger partial charge in [0.1, 0.15) is 12.1 Å². The molecule has 0 radical (unpaired) electrons. The van der Waals surface area contributed by atoms with E-state index in [1.54, 1.807) is 27.5 Å². The summed E-state index contributed by atoms with van der Waals surface area (Å²) < 4.78 is 16.6. The number of nitrogens with zero attached hydrogens (tertiary/aromatic N) is 7. The molecule has 0 aliphatic heterocycles. The zero-order chi connectivity index (χ0) is 17.7. The van der Waals surface area contributed by atoms with Crippen molar-refractivity contribution in [2.75, 3.05) is 0 Å². The molecule has 0 spiro atoms. The Morgan fingerprint density at radius 3 is 2.38 bits per heavy atom. The Labute approximate surface area is 146 Å². The number of aryl methyl sites for hydroxylation is 1. The molecule has 26 heavy (non-hydrogen) atoms. The number of hydrogen-bond acceptors (Lipinski definition) is 5. The Bertz CT molecular complexity index is 1140. The van der Waals surface area contributed by atoms with E-state index >= 15 is 0 Å². The van der Waals surface area contributed by atoms with E-state index in [0.29, 0.717) is 22.6 Å². The van der Waals surface area contributed by atoms with E-state index in [1.807, 2.05) is 31.2 Å². The molecule has 0 N–H and O–H groups in total. The van der Waals surface area contributed by atoms with Crippen LogP contribution >= 0.6 is 0 Å². The maximum Gasteiger partial charge on any atom is 0.194 e. The number of benzene rings is 2. The standard InChI is InChI=1S/C18H12FN7/c1-11-2-8-14(9-3-11)26-17-15(21-24-26)18-23-22-16(25(18)10-20-17)12-4-6-13(19)7-5-12/h2-10H,1H3. The number of halogens is 1. The predicted molar refractivity (Wildman–Crippen MR) is 93.3 cm³/mol. The lowest BCUT2D eigenvalue weighted by Crippen LogP contribution is -1.99. The lowest BCUT2D eigenvalue weighted by Gasteiger charge is -2.02. The molecule has 0 aliphatic rings. The summed E-state index contributed by atoms with van der Waals surface area (Å²) in [7, 11) is 0. The molecule has 5 aromatic rings. The molecule has 0 unspecified atom stereocenters. The fourth-order valence-corrected chi connectivity index (χ4v) is 2.87. The molecule has 0 atom stereocenters. The molecular formula is C18H12FN7. The third-order valence-electron chi connectivity index (χ3n) is 4.23. The zero-order valence-corrected chi connectivity index (χ0v) is 13.7. The summed E-state index contributed by atoms with van der Waals surface area (Å²) in [6, 6.07) is 14.0. The molecule has 126 valence electrons. The van der Waals surface area contributed by atoms with Gasteiger partial charge in [0.25, 0.3) is 0 Å². The first-order valence-electron chi connectivity index (χ1n) is 7.99. The first kappa shape index (κ1) is 14.6. The minimum atomic E-state index is -0.302. The Kier molecular flexibility index (Phi) is 3.05. The van der Waals surface area contributed by atoms with Gasteiger partial charge in [0.05, 0.1) is 5.69 Å². The van der Waals surface area contributed by atoms with E-state index in [1.165, 1.54) is 12.1 Å². The molecule has 0 aliphatic carbocycles. The van der Waals surface area contributed by atoms with Crippen LogP contribution in [-0.4, -0.2) is 34.6 Å². The molecule has 0 saturated carbocycles. The molecule has 3 aromatic heterocycles. The fourth-order valence-electron chi connectivity index (χ4n) is 2.87. The smallest absolute Gasteiger partial charge is 0.194 e. The molecule has 7 nitrogen and oxygen atoms in total. The van der Waals surface area contributed by atoms with Gasteiger partial charge in [-0.05, 0) is 43.3 Å². The maximum atomic E-state index is 13.2. The first-order valence-corrected chi connectivity index (χ1v) is 7.99. The molecular weight excluding hydrogens is 333 g/mol. The second-order valence-corrected chi connectivity index (χ2v) is 5.98. The Morgan fingerprint density at radius 1 is 0.846 bits per heavy atom. The number of fused-ring (bicyclic) bond motifs is 3. The topological polar surface area (TPSA) is 73.8 Å². The van der Waals surface area contributed by atoms with Crippen molar-refractivity contribution in [1.82, 2.24) is 34.6 Å². The van der Waals surface area contributed by atoms with Gasteiger partial charge in [-0.3, -0.25) is 4.40 Å². The number of hydrogen-bond donors (Lipinski definition) is 0. The van der Waals surface area contributed by atoms with Crippen LogP contribution < -0.4 is 0 Å². The van der Waals surface area contributed by atoms with Crippen LogP contribution in [0, 0.1) is 12.7 Å². The minimum Gasteiger partial charge on any atom is -0.263 e. The summed E-state index contributed by atoms with van der Waals surface area (Å²) >= 11 is 0. The van der Waals surface area contributed by atoms with E-state index in [4.69, 9.17) is 0 Å². The van der Waals surface area contributed by atoms with Crippen LogP contribution in [0.4, 0.5) is 4.39 Å². The summed E-state index contributed by atoms with van der Waals surface area (Å²) in [6.07, 6.45) is 1.63. The molecule has 0 amide bonds. The number of aromatic nitrogens is 7. The quantitative estimate of drug-likeness (QED) is 0.492. The van der Waals surface area contributed by atoms with E-state index < -0.39 is 0 Å². The summed E-state index contributed by atoms with van der Waals surface area (Å²) in [5, 5.41) is 16.9. The van der Waals surface area contributed by atoms with Gasteiger partial charge in [-0.25, -0.2) is 9.37 Å². The van der Waals surface area contributed by atoms with Crippen LogP contribution in [-0.2, 0) is 0 Å². The van der Waals surface area contributed by atoms with Crippen molar-refractivity contribution >= 4 is 16.8 Å². The monoisotopic (exact) mass is 345 g/mol. The zero-order valence-electron chi connectivity index (χ0n) is 13.7. The second-order valence-electron chi connectivity index (χ2n) is 5.98. The van der Waals surface area contributed by atoms with Crippen molar-refractivity contribution in [2.45, 2.75) is 6.92 Å². The van der Waals surface area contributed by atoms with Crippen molar-refractivity contribution < 1.29 is 4.39 Å². The van der Waals surface area contributed by atoms with Crippen LogP contribution in [0.5, 0.6) is 0 Å². The molecule has 2 aromatic carbocycles. The average molecular weight is 345 g/mol. The van der Waals surface area contributed by atoms with Crippen LogP contribution in [0.1, 0.15) is 5.56 Å². The molecule has 8 heteroatoms. The first-order chi connectivity index (χ1) is 12.7. The van der Waals surface area contributed by atoms with Gasteiger partial charge < -0.3 is 0 Å². The third-order valence-corrected chi connectivity index (χ3v) is 4.23. The largest absolute Gasteiger partial charge is 0.263 e. The molecule has 3 heterocycles. The lowest BCUT2D eigenvalue weighted by molar-refractivity contribution is 0.628. The highest BCUT2D eigenvalue weighted by Crippen LogP contribution is 2.23. The summed E-state index contributed by atoms with van der Waals surface area (Å²) in [6.45, 7) is 2.03. The second kappa shape index (κ2) is 5.41. The molecule has 0 fully saturated rings.